The van der Waals surface area contributed by atoms with Gasteiger partial charge in [0.2, 0.25) is 11.8 Å². The molecule has 0 saturated carbocycles. The van der Waals surface area contributed by atoms with Gasteiger partial charge in [-0.05, 0) is 61.9 Å². The van der Waals surface area contributed by atoms with E-state index in [2.05, 4.69) is 47.2 Å². The van der Waals surface area contributed by atoms with Gasteiger partial charge in [-0.15, -0.1) is 45.3 Å². The maximum absolute atomic E-state index is 12.6. The van der Waals surface area contributed by atoms with Gasteiger partial charge in [0.1, 0.15) is 31.1 Å². The molecule has 10 rings (SSSR count). The van der Waals surface area contributed by atoms with Crippen LogP contribution in [0.1, 0.15) is 54.0 Å². The van der Waals surface area contributed by atoms with Gasteiger partial charge in [-0.3, -0.25) is 19.6 Å². The number of pyridine rings is 2. The van der Waals surface area contributed by atoms with Gasteiger partial charge in [-0.2, -0.15) is 0 Å². The molecule has 3 aliphatic heterocycles. The molecule has 0 atom stereocenters. The Labute approximate surface area is 348 Å². The van der Waals surface area contributed by atoms with E-state index in [1.165, 1.54) is 33.7 Å². The van der Waals surface area contributed by atoms with Crippen LogP contribution >= 0.6 is 45.3 Å². The van der Waals surface area contributed by atoms with E-state index in [4.69, 9.17) is 9.97 Å². The second kappa shape index (κ2) is 18.4. The fourth-order valence-corrected chi connectivity index (χ4v) is 12.0. The van der Waals surface area contributed by atoms with Crippen molar-refractivity contribution in [3.05, 3.63) is 57.8 Å². The number of nitrogens with one attached hydrogen (secondary N) is 7. The Hall–Kier alpha value is -3.78. The molecule has 13 nitrogen and oxygen atoms in total. The van der Waals surface area contributed by atoms with E-state index in [1.54, 1.807) is 63.9 Å². The van der Waals surface area contributed by atoms with Crippen LogP contribution in [0, 0.1) is 0 Å². The van der Waals surface area contributed by atoms with E-state index < -0.39 is 0 Å². The molecule has 2 amide bonds. The molecular weight excluding hydrogens is 795 g/mol. The van der Waals surface area contributed by atoms with Crippen LogP contribution in [0.3, 0.4) is 0 Å². The van der Waals surface area contributed by atoms with Gasteiger partial charge in [-0.1, -0.05) is 7.43 Å². The first kappa shape index (κ1) is 40.0. The number of aryl methyl sites for hydroxylation is 1. The van der Waals surface area contributed by atoms with E-state index in [1.807, 2.05) is 18.3 Å². The Kier molecular flexibility index (Phi) is 12.9. The summed E-state index contributed by atoms with van der Waals surface area (Å²) in [7, 11) is 0. The van der Waals surface area contributed by atoms with Crippen molar-refractivity contribution in [2.24, 2.45) is 0 Å². The van der Waals surface area contributed by atoms with Crippen LogP contribution in [0.15, 0.2) is 36.9 Å². The summed E-state index contributed by atoms with van der Waals surface area (Å²) in [6.45, 7) is 7.19. The number of anilines is 2. The van der Waals surface area contributed by atoms with Crippen LogP contribution in [-0.4, -0.2) is 89.6 Å². The molecule has 0 bridgehead atoms. The zero-order valence-corrected chi connectivity index (χ0v) is 34.2. The average molecular weight is 844 g/mol. The lowest BCUT2D eigenvalue weighted by Crippen LogP contribution is -2.55. The van der Waals surface area contributed by atoms with Crippen molar-refractivity contribution < 1.29 is 9.59 Å². The quantitative estimate of drug-likeness (QED) is 0.0798. The summed E-state index contributed by atoms with van der Waals surface area (Å²) in [5.74, 6) is 0.123. The third kappa shape index (κ3) is 9.11. The minimum absolute atomic E-state index is 0. The van der Waals surface area contributed by atoms with Gasteiger partial charge in [0.05, 0.1) is 21.8 Å². The lowest BCUT2D eigenvalue weighted by molar-refractivity contribution is -0.117. The van der Waals surface area contributed by atoms with Crippen molar-refractivity contribution in [1.82, 2.24) is 46.5 Å². The summed E-state index contributed by atoms with van der Waals surface area (Å²) in [6, 6.07) is 5.01. The molecule has 6 aromatic rings. The Bertz CT molecular complexity index is 2110. The number of fused-ring (bicyclic) bond motifs is 4. The lowest BCUT2D eigenvalue weighted by Gasteiger charge is -2.27. The van der Waals surface area contributed by atoms with E-state index in [-0.39, 0.29) is 19.2 Å². The summed E-state index contributed by atoms with van der Waals surface area (Å²) in [6.07, 6.45) is 13.7. The molecule has 6 aromatic heterocycles. The molecule has 0 spiro atoms. The number of rotatable bonds is 12. The van der Waals surface area contributed by atoms with Crippen LogP contribution in [-0.2, 0) is 35.4 Å². The number of thiazole rings is 2. The minimum Gasteiger partial charge on any atom is -0.317 e. The topological polar surface area (TPSA) is 170 Å². The molecule has 0 aromatic carbocycles. The fraction of sp³-hybridized carbons (Fsp3) is 0.450. The number of hydrogen-bond donors (Lipinski definition) is 7. The smallest absolute Gasteiger partial charge is 0.226 e. The normalized spacial score (nSPS) is 16.4. The zero-order chi connectivity index (χ0) is 37.8. The maximum atomic E-state index is 12.6. The number of thiophene rings is 2. The Balaban J connectivity index is 0.000000157. The van der Waals surface area contributed by atoms with E-state index in [0.29, 0.717) is 38.0 Å². The second-order valence-electron chi connectivity index (χ2n) is 14.5. The third-order valence-corrected chi connectivity index (χ3v) is 15.0. The summed E-state index contributed by atoms with van der Waals surface area (Å²) >= 11 is 6.77. The van der Waals surface area contributed by atoms with Crippen LogP contribution in [0.2, 0.25) is 0 Å². The third-order valence-electron chi connectivity index (χ3n) is 10.5. The SMILES string of the molecule is C.O=C(CCNC1CNC1)Nc1sc2c(c1-c1nc3cnccc3s1)CCCC2.O=C(CCNC1CNC1)Nc1sc2c(c1-c1nc3cnccc3s1)CCNC2. The molecule has 0 unspecified atom stereocenters. The molecular formula is C40H49N11O2S4. The lowest BCUT2D eigenvalue weighted by atomic mass is 9.96. The highest BCUT2D eigenvalue weighted by molar-refractivity contribution is 7.23. The summed E-state index contributed by atoms with van der Waals surface area (Å²) in [5, 5.41) is 26.9. The van der Waals surface area contributed by atoms with Gasteiger partial charge in [0.15, 0.2) is 0 Å². The van der Waals surface area contributed by atoms with Gasteiger partial charge in [-0.25, -0.2) is 9.97 Å². The highest BCUT2D eigenvalue weighted by Crippen LogP contribution is 2.47. The predicted molar refractivity (Wildman–Crippen MR) is 236 cm³/mol. The van der Waals surface area contributed by atoms with Crippen LogP contribution in [0.25, 0.3) is 41.6 Å². The predicted octanol–water partition coefficient (Wildman–Crippen LogP) is 5.78. The molecule has 9 heterocycles. The maximum Gasteiger partial charge on any atom is 0.226 e. The Morgan fingerprint density at radius 2 is 1.19 bits per heavy atom. The number of amides is 2. The van der Waals surface area contributed by atoms with Gasteiger partial charge >= 0.3 is 0 Å². The number of carbonyl (C=O) groups excluding carboxylic acids is 2. The largest absolute Gasteiger partial charge is 0.317 e. The number of nitrogens with zero attached hydrogens (tertiary/aromatic N) is 4. The first-order valence-electron chi connectivity index (χ1n) is 19.4. The molecule has 2 fully saturated rings. The van der Waals surface area contributed by atoms with Crippen LogP contribution < -0.4 is 37.2 Å². The second-order valence-corrected chi connectivity index (χ2v) is 18.8. The summed E-state index contributed by atoms with van der Waals surface area (Å²) in [5.41, 5.74) is 6.79. The molecule has 7 N–H and O–H groups in total. The number of carbonyl (C=O) groups is 2. The summed E-state index contributed by atoms with van der Waals surface area (Å²) < 4.78 is 2.26. The average Bonchev–Trinajstić information content (AvgIpc) is 3.95. The van der Waals surface area contributed by atoms with Crippen molar-refractivity contribution in [3.63, 3.8) is 0 Å². The zero-order valence-electron chi connectivity index (χ0n) is 31.0. The fourth-order valence-electron chi connectivity index (χ4n) is 7.33. The van der Waals surface area contributed by atoms with Gasteiger partial charge in [0.25, 0.3) is 0 Å². The molecule has 300 valence electrons. The summed E-state index contributed by atoms with van der Waals surface area (Å²) in [4.78, 5) is 45.9. The van der Waals surface area contributed by atoms with E-state index >= 15 is 0 Å². The molecule has 1 aliphatic carbocycles. The van der Waals surface area contributed by atoms with Crippen LogP contribution in [0.4, 0.5) is 10.0 Å². The van der Waals surface area contributed by atoms with Gasteiger partial charge in [0, 0.05) is 104 Å². The standard InChI is InChI=1S/C20H23N5OS2.C19H22N6OS2.CH4/c26-17(6-8-23-12-9-22-10-12)25-20-18(13-3-1-2-4-15(13)27-20)19-24-14-11-21-7-5-16(14)28-19;26-16(3-6-23-11-7-22-8-11)25-19-17(12-1-4-21-10-15(12)28-19)18-24-13-9-20-5-2-14(13)27-18;/h5,7,11-12,22-23H,1-4,6,8-10H2,(H,25,26);2,5,9,11,21-23H,1,3-4,6-8,10H2,(H,25,26);1H4. The Morgan fingerprint density at radius 3 is 1.72 bits per heavy atom. The van der Waals surface area contributed by atoms with Crippen molar-refractivity contribution in [1.29, 1.82) is 0 Å². The number of hydrogen-bond acceptors (Lipinski definition) is 15. The first-order valence-corrected chi connectivity index (χ1v) is 22.7. The Morgan fingerprint density at radius 1 is 0.667 bits per heavy atom. The molecule has 17 heteroatoms. The van der Waals surface area contributed by atoms with E-state index in [9.17, 15) is 9.59 Å². The molecule has 2 saturated heterocycles. The minimum atomic E-state index is 0. The van der Waals surface area contributed by atoms with Crippen molar-refractivity contribution in [3.8, 4) is 21.1 Å². The van der Waals surface area contributed by atoms with Crippen molar-refractivity contribution in [2.75, 3.05) is 56.4 Å². The molecule has 0 radical (unpaired) electrons. The molecule has 4 aliphatic rings. The van der Waals surface area contributed by atoms with Gasteiger partial charge < -0.3 is 37.2 Å². The first-order chi connectivity index (χ1) is 27.6. The number of aromatic nitrogens is 4. The monoisotopic (exact) mass is 843 g/mol. The highest BCUT2D eigenvalue weighted by atomic mass is 32.1. The van der Waals surface area contributed by atoms with Crippen molar-refractivity contribution in [2.45, 2.75) is 71.0 Å². The highest BCUT2D eigenvalue weighted by Gasteiger charge is 2.27. The van der Waals surface area contributed by atoms with Crippen LogP contribution in [0.5, 0.6) is 0 Å². The van der Waals surface area contributed by atoms with Crippen molar-refractivity contribution >= 4 is 87.6 Å². The van der Waals surface area contributed by atoms with E-state index in [0.717, 1.165) is 110 Å². The molecule has 57 heavy (non-hydrogen) atoms.